The van der Waals surface area contributed by atoms with Crippen LogP contribution in [0.3, 0.4) is 0 Å². The molecule has 1 aliphatic rings. The van der Waals surface area contributed by atoms with Crippen LogP contribution in [0.2, 0.25) is 0 Å². The lowest BCUT2D eigenvalue weighted by Gasteiger charge is -2.28. The van der Waals surface area contributed by atoms with Gasteiger partial charge in [0.1, 0.15) is 17.3 Å². The average molecular weight is 493 g/mol. The van der Waals surface area contributed by atoms with Gasteiger partial charge in [0.25, 0.3) is 0 Å². The third-order valence-corrected chi connectivity index (χ3v) is 6.43. The highest BCUT2D eigenvalue weighted by Gasteiger charge is 2.31. The summed E-state index contributed by atoms with van der Waals surface area (Å²) in [4.78, 5) is 0. The van der Waals surface area contributed by atoms with E-state index < -0.39 is 23.7 Å². The number of halogens is 5. The summed E-state index contributed by atoms with van der Waals surface area (Å²) in [6.07, 6.45) is 0.702. The molecule has 1 fully saturated rings. The molecule has 0 heterocycles. The van der Waals surface area contributed by atoms with E-state index in [4.69, 9.17) is 4.74 Å². The van der Waals surface area contributed by atoms with Gasteiger partial charge in [-0.2, -0.15) is 0 Å². The first kappa shape index (κ1) is 26.5. The van der Waals surface area contributed by atoms with Gasteiger partial charge in [0, 0.05) is 11.1 Å². The first-order valence-corrected chi connectivity index (χ1v) is 11.4. The van der Waals surface area contributed by atoms with Crippen molar-refractivity contribution in [3.05, 3.63) is 77.9 Å². The minimum absolute atomic E-state index is 0. The molecule has 7 heteroatoms. The lowest BCUT2D eigenvalue weighted by Crippen LogP contribution is -2.16. The maximum absolute atomic E-state index is 15.2. The lowest BCUT2D eigenvalue weighted by atomic mass is 9.77. The highest BCUT2D eigenvalue weighted by Crippen LogP contribution is 2.39. The second kappa shape index (κ2) is 11.1. The second-order valence-electron chi connectivity index (χ2n) is 8.60. The molecule has 0 radical (unpaired) electrons. The van der Waals surface area contributed by atoms with Crippen LogP contribution < -0.4 is 9.47 Å². The average Bonchev–Trinajstić information content (AvgIpc) is 2.81. The van der Waals surface area contributed by atoms with Crippen LogP contribution in [0.5, 0.6) is 17.2 Å². The summed E-state index contributed by atoms with van der Waals surface area (Å²) in [6, 6.07) is 13.9. The van der Waals surface area contributed by atoms with Gasteiger partial charge in [-0.05, 0) is 79.5 Å². The zero-order chi connectivity index (χ0) is 24.3. The highest BCUT2D eigenvalue weighted by molar-refractivity contribution is 5.67. The molecule has 0 aliphatic heterocycles. The van der Waals surface area contributed by atoms with E-state index in [1.165, 1.54) is 42.8 Å². The Morgan fingerprint density at radius 3 is 2.09 bits per heavy atom. The molecule has 188 valence electrons. The molecule has 4 rings (SSSR count). The molecule has 0 bridgehead atoms. The molecule has 0 unspecified atom stereocenters. The first-order chi connectivity index (χ1) is 16.2. The van der Waals surface area contributed by atoms with Gasteiger partial charge in [-0.3, -0.25) is 0 Å². The largest absolute Gasteiger partial charge is 0.573 e. The Labute approximate surface area is 202 Å². The Bertz CT molecular complexity index is 1120. The van der Waals surface area contributed by atoms with E-state index in [-0.39, 0.29) is 30.1 Å². The number of hydrogen-bond donors (Lipinski definition) is 0. The molecular weight excluding hydrogens is 463 g/mol. The minimum Gasteiger partial charge on any atom is -0.454 e. The van der Waals surface area contributed by atoms with E-state index in [2.05, 4.69) is 11.7 Å². The van der Waals surface area contributed by atoms with Crippen molar-refractivity contribution >= 4 is 0 Å². The van der Waals surface area contributed by atoms with Crippen LogP contribution in [-0.4, -0.2) is 6.36 Å². The van der Waals surface area contributed by atoms with Crippen LogP contribution in [0, 0.1) is 17.6 Å². The van der Waals surface area contributed by atoms with Crippen LogP contribution in [0.25, 0.3) is 11.1 Å². The fourth-order valence-corrected chi connectivity index (χ4v) is 4.54. The highest BCUT2D eigenvalue weighted by atomic mass is 19.4. The molecule has 0 amide bonds. The van der Waals surface area contributed by atoms with Crippen LogP contribution in [0.15, 0.2) is 60.7 Å². The smallest absolute Gasteiger partial charge is 0.454 e. The lowest BCUT2D eigenvalue weighted by molar-refractivity contribution is -0.274. The summed E-state index contributed by atoms with van der Waals surface area (Å²) in [6.45, 7) is 2.20. The Hall–Kier alpha value is -3.09. The Balaban J connectivity index is 0.00000342. The summed E-state index contributed by atoms with van der Waals surface area (Å²) in [5, 5.41) is 0. The molecule has 0 aromatic heterocycles. The summed E-state index contributed by atoms with van der Waals surface area (Å²) in [5.41, 5.74) is 1.11. The van der Waals surface area contributed by atoms with Crippen LogP contribution in [0.1, 0.15) is 57.9 Å². The Kier molecular flexibility index (Phi) is 8.41. The monoisotopic (exact) mass is 492 g/mol. The van der Waals surface area contributed by atoms with Gasteiger partial charge in [-0.25, -0.2) is 8.78 Å². The van der Waals surface area contributed by atoms with E-state index in [1.807, 2.05) is 6.07 Å². The van der Waals surface area contributed by atoms with Crippen molar-refractivity contribution in [2.75, 3.05) is 0 Å². The van der Waals surface area contributed by atoms with Gasteiger partial charge < -0.3 is 9.47 Å². The number of benzene rings is 3. The van der Waals surface area contributed by atoms with E-state index in [0.29, 0.717) is 5.92 Å². The van der Waals surface area contributed by atoms with Crippen molar-refractivity contribution in [2.45, 2.75) is 58.7 Å². The minimum atomic E-state index is -4.81. The van der Waals surface area contributed by atoms with Crippen LogP contribution in [0.4, 0.5) is 22.0 Å². The van der Waals surface area contributed by atoms with E-state index in [9.17, 15) is 13.2 Å². The summed E-state index contributed by atoms with van der Waals surface area (Å²) in [7, 11) is 0. The fraction of sp³-hybridized carbons (Fsp3) is 0.357. The van der Waals surface area contributed by atoms with Crippen molar-refractivity contribution in [1.82, 2.24) is 0 Å². The molecular formula is C28H29F5O2. The summed E-state index contributed by atoms with van der Waals surface area (Å²) >= 11 is 0. The number of ether oxygens (including phenoxy) is 2. The predicted molar refractivity (Wildman–Crippen MR) is 127 cm³/mol. The summed E-state index contributed by atoms with van der Waals surface area (Å²) < 4.78 is 76.5. The molecule has 0 spiro atoms. The second-order valence-corrected chi connectivity index (χ2v) is 8.60. The van der Waals surface area contributed by atoms with Crippen molar-refractivity contribution < 1.29 is 31.4 Å². The van der Waals surface area contributed by atoms with Gasteiger partial charge in [-0.15, -0.1) is 13.2 Å². The SMILES string of the molecule is C.CCC1CCC(c2ccc(-c3cccc(Oc4ccc(OC(F)(F)F)cc4)c3F)c(F)c2)CC1. The van der Waals surface area contributed by atoms with Crippen molar-refractivity contribution in [3.8, 4) is 28.4 Å². The standard InChI is InChI=1S/C27H25F5O2.CH4/c1-2-17-6-8-18(9-7-17)19-10-15-22(24(28)16-19)23-4-3-5-25(26(23)29)33-20-11-13-21(14-12-20)34-27(30,31)32;/h3-5,10-18H,2,6-9H2,1H3;1H4. The molecule has 35 heavy (non-hydrogen) atoms. The van der Waals surface area contributed by atoms with Gasteiger partial charge >= 0.3 is 6.36 Å². The number of alkyl halides is 3. The topological polar surface area (TPSA) is 18.5 Å². The third-order valence-electron chi connectivity index (χ3n) is 6.43. The van der Waals surface area contributed by atoms with Gasteiger partial charge in [0.05, 0.1) is 0 Å². The number of hydrogen-bond acceptors (Lipinski definition) is 2. The molecule has 3 aromatic carbocycles. The zero-order valence-corrected chi connectivity index (χ0v) is 18.7. The van der Waals surface area contributed by atoms with Crippen molar-refractivity contribution in [2.24, 2.45) is 5.92 Å². The molecule has 1 aliphatic carbocycles. The molecule has 0 N–H and O–H groups in total. The quantitative estimate of drug-likeness (QED) is 0.319. The van der Waals surface area contributed by atoms with E-state index in [0.717, 1.165) is 49.3 Å². The molecule has 1 saturated carbocycles. The maximum atomic E-state index is 15.2. The first-order valence-electron chi connectivity index (χ1n) is 11.4. The molecule has 2 nitrogen and oxygen atoms in total. The van der Waals surface area contributed by atoms with Crippen LogP contribution in [-0.2, 0) is 0 Å². The molecule has 0 atom stereocenters. The predicted octanol–water partition coefficient (Wildman–Crippen LogP) is 9.64. The van der Waals surface area contributed by atoms with Crippen molar-refractivity contribution in [3.63, 3.8) is 0 Å². The Morgan fingerprint density at radius 2 is 1.49 bits per heavy atom. The van der Waals surface area contributed by atoms with Gasteiger partial charge in [-0.1, -0.05) is 45.0 Å². The molecule has 0 saturated heterocycles. The third kappa shape index (κ3) is 6.53. The zero-order valence-electron chi connectivity index (χ0n) is 18.7. The summed E-state index contributed by atoms with van der Waals surface area (Å²) in [5.74, 6) is -0.666. The van der Waals surface area contributed by atoms with E-state index in [1.54, 1.807) is 6.07 Å². The van der Waals surface area contributed by atoms with Crippen molar-refractivity contribution in [1.29, 1.82) is 0 Å². The van der Waals surface area contributed by atoms with Gasteiger partial charge in [0.2, 0.25) is 0 Å². The van der Waals surface area contributed by atoms with E-state index >= 15 is 8.78 Å². The number of rotatable bonds is 6. The van der Waals surface area contributed by atoms with Gasteiger partial charge in [0.15, 0.2) is 11.6 Å². The fourth-order valence-electron chi connectivity index (χ4n) is 4.54. The molecule has 3 aromatic rings. The normalized spacial score (nSPS) is 18.0. The van der Waals surface area contributed by atoms with Crippen LogP contribution >= 0.6 is 0 Å². The Morgan fingerprint density at radius 1 is 0.829 bits per heavy atom. The maximum Gasteiger partial charge on any atom is 0.573 e.